The number of hydrogen-bond donors (Lipinski definition) is 1. The van der Waals surface area contributed by atoms with Gasteiger partial charge in [-0.15, -0.1) is 0 Å². The van der Waals surface area contributed by atoms with Crippen molar-refractivity contribution in [2.45, 2.75) is 25.9 Å². The SMILES string of the molecule is CCCN(CC(=O)N1CCn2cccc2C1c1cccc(F)c1)C(=O)Nc1ccc(OC)cc1OC. The molecule has 0 fully saturated rings. The molecule has 0 radical (unpaired) electrons. The molecule has 2 aromatic carbocycles. The van der Waals surface area contributed by atoms with E-state index in [2.05, 4.69) is 9.88 Å². The lowest BCUT2D eigenvalue weighted by Crippen LogP contribution is -2.48. The Balaban J connectivity index is 1.55. The summed E-state index contributed by atoms with van der Waals surface area (Å²) in [5, 5.41) is 2.85. The Hall–Kier alpha value is -4.01. The number of carbonyl (C=O) groups is 2. The Bertz CT molecular complexity index is 1230. The number of benzene rings is 2. The normalized spacial score (nSPS) is 14.7. The first-order valence-corrected chi connectivity index (χ1v) is 11.9. The second-order valence-electron chi connectivity index (χ2n) is 8.59. The summed E-state index contributed by atoms with van der Waals surface area (Å²) < 4.78 is 26.8. The van der Waals surface area contributed by atoms with Crippen molar-refractivity contribution in [3.05, 3.63) is 77.9 Å². The van der Waals surface area contributed by atoms with E-state index in [-0.39, 0.29) is 18.3 Å². The number of aromatic nitrogens is 1. The molecule has 0 aliphatic carbocycles. The number of halogens is 1. The van der Waals surface area contributed by atoms with Gasteiger partial charge in [0.1, 0.15) is 23.9 Å². The summed E-state index contributed by atoms with van der Waals surface area (Å²) in [6.45, 7) is 3.32. The predicted octanol–water partition coefficient (Wildman–Crippen LogP) is 4.52. The fourth-order valence-corrected chi connectivity index (χ4v) is 4.55. The maximum Gasteiger partial charge on any atom is 0.322 e. The minimum atomic E-state index is -0.440. The molecule has 3 amide bonds. The third-order valence-corrected chi connectivity index (χ3v) is 6.28. The van der Waals surface area contributed by atoms with Crippen LogP contribution in [0, 0.1) is 5.82 Å². The Morgan fingerprint density at radius 3 is 2.64 bits per heavy atom. The van der Waals surface area contributed by atoms with Crippen molar-refractivity contribution in [1.82, 2.24) is 14.4 Å². The molecular formula is C27H31FN4O4. The average molecular weight is 495 g/mol. The molecule has 1 aromatic heterocycles. The fourth-order valence-electron chi connectivity index (χ4n) is 4.55. The van der Waals surface area contributed by atoms with Gasteiger partial charge in [0, 0.05) is 37.6 Å². The molecular weight excluding hydrogens is 463 g/mol. The number of nitrogens with zero attached hydrogens (tertiary/aromatic N) is 3. The zero-order chi connectivity index (χ0) is 25.7. The highest BCUT2D eigenvalue weighted by Gasteiger charge is 2.33. The van der Waals surface area contributed by atoms with Crippen LogP contribution in [0.1, 0.15) is 30.6 Å². The summed E-state index contributed by atoms with van der Waals surface area (Å²) in [6, 6.07) is 14.4. The van der Waals surface area contributed by atoms with Crippen molar-refractivity contribution in [1.29, 1.82) is 0 Å². The Morgan fingerprint density at radius 2 is 1.92 bits per heavy atom. The Morgan fingerprint density at radius 1 is 1.08 bits per heavy atom. The van der Waals surface area contributed by atoms with E-state index in [1.165, 1.54) is 24.1 Å². The molecule has 4 rings (SSSR count). The topological polar surface area (TPSA) is 76.0 Å². The van der Waals surface area contributed by atoms with Crippen LogP contribution in [0.5, 0.6) is 11.5 Å². The van der Waals surface area contributed by atoms with Gasteiger partial charge < -0.3 is 29.2 Å². The third-order valence-electron chi connectivity index (χ3n) is 6.28. The first-order chi connectivity index (χ1) is 17.4. The summed E-state index contributed by atoms with van der Waals surface area (Å²) in [5.74, 6) is 0.489. The van der Waals surface area contributed by atoms with Gasteiger partial charge in [-0.05, 0) is 48.4 Å². The van der Waals surface area contributed by atoms with E-state index >= 15 is 0 Å². The lowest BCUT2D eigenvalue weighted by Gasteiger charge is -2.38. The van der Waals surface area contributed by atoms with Gasteiger partial charge in [0.25, 0.3) is 0 Å². The van der Waals surface area contributed by atoms with Crippen molar-refractivity contribution < 1.29 is 23.5 Å². The minimum Gasteiger partial charge on any atom is -0.497 e. The second kappa shape index (κ2) is 11.2. The van der Waals surface area contributed by atoms with E-state index in [1.54, 1.807) is 36.3 Å². The smallest absolute Gasteiger partial charge is 0.322 e. The number of urea groups is 1. The number of nitrogens with one attached hydrogen (secondary N) is 1. The van der Waals surface area contributed by atoms with Crippen molar-refractivity contribution in [3.8, 4) is 11.5 Å². The number of rotatable bonds is 8. The van der Waals surface area contributed by atoms with Gasteiger partial charge in [0.15, 0.2) is 0 Å². The number of hydrogen-bond acceptors (Lipinski definition) is 4. The first-order valence-electron chi connectivity index (χ1n) is 11.9. The van der Waals surface area contributed by atoms with Gasteiger partial charge in [-0.2, -0.15) is 0 Å². The summed E-state index contributed by atoms with van der Waals surface area (Å²) in [4.78, 5) is 30.0. The highest BCUT2D eigenvalue weighted by molar-refractivity contribution is 5.94. The molecule has 1 atom stereocenters. The Labute approximate surface area is 210 Å². The molecule has 9 heteroatoms. The zero-order valence-electron chi connectivity index (χ0n) is 20.7. The van der Waals surface area contributed by atoms with Crippen LogP contribution in [0.2, 0.25) is 0 Å². The van der Waals surface area contributed by atoms with Gasteiger partial charge in [0.05, 0.1) is 25.9 Å². The predicted molar refractivity (Wildman–Crippen MR) is 135 cm³/mol. The van der Waals surface area contributed by atoms with E-state index in [4.69, 9.17) is 9.47 Å². The van der Waals surface area contributed by atoms with Gasteiger partial charge in [-0.1, -0.05) is 19.1 Å². The fraction of sp³-hybridized carbons (Fsp3) is 0.333. The largest absolute Gasteiger partial charge is 0.497 e. The highest BCUT2D eigenvalue weighted by atomic mass is 19.1. The Kier molecular flexibility index (Phi) is 7.77. The first kappa shape index (κ1) is 25.1. The van der Waals surface area contributed by atoms with Gasteiger partial charge >= 0.3 is 6.03 Å². The molecule has 8 nitrogen and oxygen atoms in total. The van der Waals surface area contributed by atoms with E-state index in [9.17, 15) is 14.0 Å². The summed E-state index contributed by atoms with van der Waals surface area (Å²) >= 11 is 0. The molecule has 0 saturated carbocycles. The van der Waals surface area contributed by atoms with Crippen LogP contribution in [0.15, 0.2) is 60.8 Å². The molecule has 3 aromatic rings. The molecule has 1 aliphatic rings. The molecule has 190 valence electrons. The average Bonchev–Trinajstić information content (AvgIpc) is 3.37. The van der Waals surface area contributed by atoms with Crippen LogP contribution in [0.25, 0.3) is 0 Å². The monoisotopic (exact) mass is 494 g/mol. The number of anilines is 1. The second-order valence-corrected chi connectivity index (χ2v) is 8.59. The van der Waals surface area contributed by atoms with Gasteiger partial charge in [-0.25, -0.2) is 9.18 Å². The number of ether oxygens (including phenoxy) is 2. The van der Waals surface area contributed by atoms with Crippen LogP contribution in [-0.4, -0.2) is 60.2 Å². The van der Waals surface area contributed by atoms with Crippen molar-refractivity contribution in [2.24, 2.45) is 0 Å². The van der Waals surface area contributed by atoms with Crippen molar-refractivity contribution in [2.75, 3.05) is 39.2 Å². The standard InChI is InChI=1S/C27H31FN4O4/c1-4-12-31(27(34)29-22-11-10-21(35-2)17-24(22)36-3)18-25(33)32-15-14-30-13-6-9-23(30)26(32)19-7-5-8-20(28)16-19/h5-11,13,16-17,26H,4,12,14-15,18H2,1-3H3,(H,29,34). The molecule has 0 saturated heterocycles. The van der Waals surface area contributed by atoms with E-state index in [0.717, 1.165) is 5.69 Å². The molecule has 0 spiro atoms. The van der Waals surface area contributed by atoms with Crippen LogP contribution in [-0.2, 0) is 11.3 Å². The third kappa shape index (κ3) is 5.30. The minimum absolute atomic E-state index is 0.106. The molecule has 1 aliphatic heterocycles. The summed E-state index contributed by atoms with van der Waals surface area (Å²) in [6.07, 6.45) is 2.64. The number of amides is 3. The highest BCUT2D eigenvalue weighted by Crippen LogP contribution is 2.33. The maximum absolute atomic E-state index is 14.1. The van der Waals surface area contributed by atoms with Gasteiger partial charge in [-0.3, -0.25) is 4.79 Å². The van der Waals surface area contributed by atoms with Crippen LogP contribution >= 0.6 is 0 Å². The quantitative estimate of drug-likeness (QED) is 0.500. The number of fused-ring (bicyclic) bond motifs is 1. The molecule has 2 heterocycles. The molecule has 1 N–H and O–H groups in total. The van der Waals surface area contributed by atoms with E-state index in [0.29, 0.717) is 48.8 Å². The van der Waals surface area contributed by atoms with Gasteiger partial charge in [0.2, 0.25) is 5.91 Å². The van der Waals surface area contributed by atoms with Crippen molar-refractivity contribution in [3.63, 3.8) is 0 Å². The van der Waals surface area contributed by atoms with Crippen LogP contribution < -0.4 is 14.8 Å². The van der Waals surface area contributed by atoms with Crippen LogP contribution in [0.4, 0.5) is 14.9 Å². The summed E-state index contributed by atoms with van der Waals surface area (Å²) in [5.41, 5.74) is 2.08. The lowest BCUT2D eigenvalue weighted by molar-refractivity contribution is -0.134. The maximum atomic E-state index is 14.1. The van der Waals surface area contributed by atoms with E-state index in [1.807, 2.05) is 31.3 Å². The zero-order valence-corrected chi connectivity index (χ0v) is 20.7. The number of carbonyl (C=O) groups excluding carboxylic acids is 2. The van der Waals surface area contributed by atoms with E-state index < -0.39 is 12.1 Å². The molecule has 36 heavy (non-hydrogen) atoms. The van der Waals surface area contributed by atoms with Crippen LogP contribution in [0.3, 0.4) is 0 Å². The summed E-state index contributed by atoms with van der Waals surface area (Å²) in [7, 11) is 3.06. The number of methoxy groups -OCH3 is 2. The molecule has 0 bridgehead atoms. The lowest BCUT2D eigenvalue weighted by atomic mass is 9.99. The van der Waals surface area contributed by atoms with Crippen molar-refractivity contribution >= 4 is 17.6 Å². The molecule has 1 unspecified atom stereocenters.